The standard InChI is InChI=1S/C15H17NO3/c1-10-5-6-12(15(17)18)9-14(10)16-11(2)8-13-4-3-7-19-13/h3-7,9,11,16H,8H2,1-2H3,(H,17,18). The second-order valence-corrected chi connectivity index (χ2v) is 4.66. The van der Waals surface area contributed by atoms with E-state index in [4.69, 9.17) is 9.52 Å². The predicted octanol–water partition coefficient (Wildman–Crippen LogP) is 3.33. The van der Waals surface area contributed by atoms with Crippen molar-refractivity contribution in [3.05, 3.63) is 53.5 Å². The van der Waals surface area contributed by atoms with Crippen LogP contribution in [0.3, 0.4) is 0 Å². The molecule has 1 unspecified atom stereocenters. The molecule has 0 fully saturated rings. The summed E-state index contributed by atoms with van der Waals surface area (Å²) in [5, 5.41) is 12.3. The molecule has 4 nitrogen and oxygen atoms in total. The van der Waals surface area contributed by atoms with Crippen molar-refractivity contribution in [2.24, 2.45) is 0 Å². The highest BCUT2D eigenvalue weighted by molar-refractivity contribution is 5.89. The van der Waals surface area contributed by atoms with Gasteiger partial charge in [0.1, 0.15) is 5.76 Å². The van der Waals surface area contributed by atoms with Crippen molar-refractivity contribution in [3.63, 3.8) is 0 Å². The summed E-state index contributed by atoms with van der Waals surface area (Å²) in [6, 6.07) is 9.03. The van der Waals surface area contributed by atoms with Crippen molar-refractivity contribution >= 4 is 11.7 Å². The minimum absolute atomic E-state index is 0.161. The summed E-state index contributed by atoms with van der Waals surface area (Å²) in [7, 11) is 0. The molecule has 100 valence electrons. The van der Waals surface area contributed by atoms with E-state index in [1.807, 2.05) is 32.0 Å². The molecule has 2 N–H and O–H groups in total. The molecule has 0 aliphatic heterocycles. The molecular weight excluding hydrogens is 242 g/mol. The number of furan rings is 1. The highest BCUT2D eigenvalue weighted by atomic mass is 16.4. The first-order valence-electron chi connectivity index (χ1n) is 6.19. The van der Waals surface area contributed by atoms with Gasteiger partial charge in [0.15, 0.2) is 0 Å². The number of aryl methyl sites for hydroxylation is 1. The van der Waals surface area contributed by atoms with Crippen LogP contribution in [-0.2, 0) is 6.42 Å². The van der Waals surface area contributed by atoms with Crippen molar-refractivity contribution in [1.82, 2.24) is 0 Å². The first-order chi connectivity index (χ1) is 9.06. The third-order valence-electron chi connectivity index (χ3n) is 2.97. The summed E-state index contributed by atoms with van der Waals surface area (Å²) in [6.45, 7) is 3.99. The van der Waals surface area contributed by atoms with Gasteiger partial charge in [-0.05, 0) is 43.7 Å². The number of aromatic carboxylic acids is 1. The molecule has 1 aromatic carbocycles. The molecule has 0 spiro atoms. The Bertz CT molecular complexity index is 561. The molecule has 0 aliphatic rings. The van der Waals surface area contributed by atoms with E-state index in [9.17, 15) is 4.79 Å². The molecule has 0 saturated heterocycles. The highest BCUT2D eigenvalue weighted by Gasteiger charge is 2.10. The fourth-order valence-corrected chi connectivity index (χ4v) is 1.96. The number of nitrogens with one attached hydrogen (secondary N) is 1. The lowest BCUT2D eigenvalue weighted by Gasteiger charge is -2.16. The monoisotopic (exact) mass is 259 g/mol. The summed E-state index contributed by atoms with van der Waals surface area (Å²) in [6.07, 6.45) is 2.40. The Morgan fingerprint density at radius 1 is 1.42 bits per heavy atom. The van der Waals surface area contributed by atoms with Crippen LogP contribution in [0.25, 0.3) is 0 Å². The molecule has 0 amide bonds. The second-order valence-electron chi connectivity index (χ2n) is 4.66. The summed E-state index contributed by atoms with van der Waals surface area (Å²) in [4.78, 5) is 11.0. The largest absolute Gasteiger partial charge is 0.478 e. The van der Waals surface area contributed by atoms with E-state index in [1.165, 1.54) is 0 Å². The number of anilines is 1. The van der Waals surface area contributed by atoms with E-state index < -0.39 is 5.97 Å². The predicted molar refractivity (Wildman–Crippen MR) is 73.6 cm³/mol. The Labute approximate surface area is 112 Å². The van der Waals surface area contributed by atoms with Gasteiger partial charge in [0, 0.05) is 18.2 Å². The van der Waals surface area contributed by atoms with Gasteiger partial charge >= 0.3 is 5.97 Å². The van der Waals surface area contributed by atoms with Crippen LogP contribution in [0, 0.1) is 6.92 Å². The molecule has 1 heterocycles. The van der Waals surface area contributed by atoms with E-state index >= 15 is 0 Å². The quantitative estimate of drug-likeness (QED) is 0.864. The van der Waals surface area contributed by atoms with Gasteiger partial charge < -0.3 is 14.8 Å². The Morgan fingerprint density at radius 3 is 2.84 bits per heavy atom. The average Bonchev–Trinajstić information content (AvgIpc) is 2.84. The molecule has 2 aromatic rings. The molecule has 1 aromatic heterocycles. The summed E-state index contributed by atoms with van der Waals surface area (Å²) < 4.78 is 5.30. The normalized spacial score (nSPS) is 12.1. The molecule has 2 rings (SSSR count). The van der Waals surface area contributed by atoms with Gasteiger partial charge in [0.05, 0.1) is 11.8 Å². The summed E-state index contributed by atoms with van der Waals surface area (Å²) in [5.74, 6) is -0.00576. The minimum Gasteiger partial charge on any atom is -0.478 e. The van der Waals surface area contributed by atoms with Gasteiger partial charge in [-0.1, -0.05) is 6.07 Å². The molecular formula is C15H17NO3. The van der Waals surface area contributed by atoms with E-state index in [-0.39, 0.29) is 6.04 Å². The maximum atomic E-state index is 11.0. The van der Waals surface area contributed by atoms with Crippen LogP contribution in [0.1, 0.15) is 28.6 Å². The minimum atomic E-state index is -0.915. The summed E-state index contributed by atoms with van der Waals surface area (Å²) >= 11 is 0. The molecule has 4 heteroatoms. The van der Waals surface area contributed by atoms with Crippen molar-refractivity contribution in [3.8, 4) is 0 Å². The number of hydrogen-bond acceptors (Lipinski definition) is 3. The third kappa shape index (κ3) is 3.37. The van der Waals surface area contributed by atoms with E-state index in [0.717, 1.165) is 23.4 Å². The van der Waals surface area contributed by atoms with Crippen LogP contribution in [0.15, 0.2) is 41.0 Å². The van der Waals surface area contributed by atoms with Gasteiger partial charge in [-0.15, -0.1) is 0 Å². The van der Waals surface area contributed by atoms with Crippen LogP contribution in [-0.4, -0.2) is 17.1 Å². The molecule has 0 bridgehead atoms. The number of carboxylic acid groups (broad SMARTS) is 1. The maximum Gasteiger partial charge on any atom is 0.335 e. The van der Waals surface area contributed by atoms with Gasteiger partial charge in [-0.2, -0.15) is 0 Å². The van der Waals surface area contributed by atoms with E-state index in [1.54, 1.807) is 18.4 Å². The Hall–Kier alpha value is -2.23. The van der Waals surface area contributed by atoms with Crippen LogP contribution < -0.4 is 5.32 Å². The number of hydrogen-bond donors (Lipinski definition) is 2. The zero-order valence-corrected chi connectivity index (χ0v) is 11.0. The third-order valence-corrected chi connectivity index (χ3v) is 2.97. The van der Waals surface area contributed by atoms with Crippen LogP contribution in [0.5, 0.6) is 0 Å². The lowest BCUT2D eigenvalue weighted by atomic mass is 10.1. The van der Waals surface area contributed by atoms with Gasteiger partial charge in [0.25, 0.3) is 0 Å². The molecule has 19 heavy (non-hydrogen) atoms. The SMILES string of the molecule is Cc1ccc(C(=O)O)cc1NC(C)Cc1ccco1. The lowest BCUT2D eigenvalue weighted by molar-refractivity contribution is 0.0697. The number of benzene rings is 1. The fraction of sp³-hybridized carbons (Fsp3) is 0.267. The lowest BCUT2D eigenvalue weighted by Crippen LogP contribution is -2.18. The van der Waals surface area contributed by atoms with Gasteiger partial charge in [0.2, 0.25) is 0 Å². The van der Waals surface area contributed by atoms with E-state index in [0.29, 0.717) is 5.56 Å². The molecule has 1 atom stereocenters. The Balaban J connectivity index is 2.09. The Morgan fingerprint density at radius 2 is 2.21 bits per heavy atom. The molecule has 0 aliphatic carbocycles. The fourth-order valence-electron chi connectivity index (χ4n) is 1.96. The van der Waals surface area contributed by atoms with Crippen molar-refractivity contribution in [1.29, 1.82) is 0 Å². The zero-order chi connectivity index (χ0) is 13.8. The zero-order valence-electron chi connectivity index (χ0n) is 11.0. The van der Waals surface area contributed by atoms with Crippen LogP contribution in [0.2, 0.25) is 0 Å². The number of rotatable bonds is 5. The van der Waals surface area contributed by atoms with Crippen LogP contribution in [0.4, 0.5) is 5.69 Å². The Kier molecular flexibility index (Phi) is 3.90. The topological polar surface area (TPSA) is 62.5 Å². The van der Waals surface area contributed by atoms with Crippen molar-refractivity contribution < 1.29 is 14.3 Å². The first-order valence-corrected chi connectivity index (χ1v) is 6.19. The molecule has 0 saturated carbocycles. The van der Waals surface area contributed by atoms with Crippen molar-refractivity contribution in [2.45, 2.75) is 26.3 Å². The average molecular weight is 259 g/mol. The van der Waals surface area contributed by atoms with Crippen LogP contribution >= 0.6 is 0 Å². The highest BCUT2D eigenvalue weighted by Crippen LogP contribution is 2.19. The number of carbonyl (C=O) groups is 1. The first kappa shape index (κ1) is 13.2. The maximum absolute atomic E-state index is 11.0. The second kappa shape index (κ2) is 5.61. The van der Waals surface area contributed by atoms with Gasteiger partial charge in [-0.25, -0.2) is 4.79 Å². The molecule has 0 radical (unpaired) electrons. The number of carboxylic acids is 1. The summed E-state index contributed by atoms with van der Waals surface area (Å²) in [5.41, 5.74) is 2.16. The smallest absolute Gasteiger partial charge is 0.335 e. The van der Waals surface area contributed by atoms with E-state index in [2.05, 4.69) is 5.32 Å². The van der Waals surface area contributed by atoms with Gasteiger partial charge in [-0.3, -0.25) is 0 Å². The van der Waals surface area contributed by atoms with Crippen molar-refractivity contribution in [2.75, 3.05) is 5.32 Å².